The predicted molar refractivity (Wildman–Crippen MR) is 132 cm³/mol. The van der Waals surface area contributed by atoms with Gasteiger partial charge in [0.15, 0.2) is 0 Å². The quantitative estimate of drug-likeness (QED) is 0.409. The molecule has 1 aliphatic carbocycles. The van der Waals surface area contributed by atoms with Crippen molar-refractivity contribution >= 4 is 12.0 Å². The number of ether oxygens (including phenoxy) is 1. The van der Waals surface area contributed by atoms with Crippen molar-refractivity contribution in [2.24, 2.45) is 5.92 Å². The first-order chi connectivity index (χ1) is 16.5. The van der Waals surface area contributed by atoms with Crippen LogP contribution in [-0.2, 0) is 17.3 Å². The molecule has 206 valence electrons. The Morgan fingerprint density at radius 1 is 1.22 bits per heavy atom. The lowest BCUT2D eigenvalue weighted by Crippen LogP contribution is -2.38. The van der Waals surface area contributed by atoms with Crippen molar-refractivity contribution in [3.8, 4) is 0 Å². The summed E-state index contributed by atoms with van der Waals surface area (Å²) in [6, 6.07) is 0.131. The van der Waals surface area contributed by atoms with Gasteiger partial charge in [-0.15, -0.1) is 0 Å². The van der Waals surface area contributed by atoms with Gasteiger partial charge in [0.05, 0.1) is 11.3 Å². The van der Waals surface area contributed by atoms with E-state index in [4.69, 9.17) is 4.74 Å². The second-order valence-electron chi connectivity index (χ2n) is 11.2. The van der Waals surface area contributed by atoms with Crippen LogP contribution in [0.4, 0.5) is 28.3 Å². The molecule has 1 aliphatic rings. The Morgan fingerprint density at radius 2 is 1.89 bits per heavy atom. The van der Waals surface area contributed by atoms with Gasteiger partial charge in [-0.1, -0.05) is 13.8 Å². The molecule has 2 unspecified atom stereocenters. The molecule has 1 amide bonds. The van der Waals surface area contributed by atoms with Gasteiger partial charge in [-0.25, -0.2) is 19.2 Å². The normalized spacial score (nSPS) is 19.6. The lowest BCUT2D eigenvalue weighted by molar-refractivity contribution is -0.138. The maximum Gasteiger partial charge on any atom is 0.419 e. The highest BCUT2D eigenvalue weighted by Crippen LogP contribution is 2.33. The zero-order valence-electron chi connectivity index (χ0n) is 22.5. The van der Waals surface area contributed by atoms with E-state index >= 15 is 0 Å². The summed E-state index contributed by atoms with van der Waals surface area (Å²) < 4.78 is 59.9. The average molecular weight is 520 g/mol. The predicted octanol–water partition coefficient (Wildman–Crippen LogP) is 5.55. The van der Waals surface area contributed by atoms with Crippen molar-refractivity contribution in [3.63, 3.8) is 0 Å². The van der Waals surface area contributed by atoms with Crippen LogP contribution >= 0.6 is 0 Å². The molecule has 1 fully saturated rings. The smallest absolute Gasteiger partial charge is 0.419 e. The summed E-state index contributed by atoms with van der Waals surface area (Å²) in [5.41, 5.74) is -1.40. The molecule has 0 aromatic carbocycles. The molecular weight excluding hydrogens is 478 g/mol. The van der Waals surface area contributed by atoms with Crippen molar-refractivity contribution in [2.45, 2.75) is 96.8 Å². The Morgan fingerprint density at radius 3 is 2.47 bits per heavy atom. The number of carbonyl (C=O) groups is 1. The van der Waals surface area contributed by atoms with Crippen LogP contribution in [0.25, 0.3) is 0 Å². The first-order valence-corrected chi connectivity index (χ1v) is 12.5. The Hall–Kier alpha value is -2.17. The molecule has 0 aliphatic heterocycles. The molecule has 0 spiro atoms. The maximum atomic E-state index is 14.6. The zero-order valence-corrected chi connectivity index (χ0v) is 22.5. The van der Waals surface area contributed by atoms with Gasteiger partial charge in [-0.3, -0.25) is 0 Å². The fraction of sp³-hybridized carbons (Fsp3) is 0.800. The third-order valence-electron chi connectivity index (χ3n) is 6.11. The van der Waals surface area contributed by atoms with E-state index in [0.29, 0.717) is 6.42 Å². The fourth-order valence-corrected chi connectivity index (χ4v) is 4.26. The lowest BCUT2D eigenvalue weighted by atomic mass is 10.0. The molecule has 2 rings (SSSR count). The largest absolute Gasteiger partial charge is 0.444 e. The van der Waals surface area contributed by atoms with E-state index in [-0.39, 0.29) is 55.6 Å². The molecule has 36 heavy (non-hydrogen) atoms. The van der Waals surface area contributed by atoms with Gasteiger partial charge in [0.25, 0.3) is 0 Å². The highest BCUT2D eigenvalue weighted by Gasteiger charge is 2.35. The number of alkyl halides is 4. The van der Waals surface area contributed by atoms with Gasteiger partial charge in [0.2, 0.25) is 5.95 Å². The lowest BCUT2D eigenvalue weighted by Gasteiger charge is -2.28. The Balaban J connectivity index is 1.86. The van der Waals surface area contributed by atoms with Crippen LogP contribution in [0.5, 0.6) is 0 Å². The van der Waals surface area contributed by atoms with Crippen LogP contribution in [-0.4, -0.2) is 76.9 Å². The fourth-order valence-electron chi connectivity index (χ4n) is 4.26. The van der Waals surface area contributed by atoms with E-state index in [0.717, 1.165) is 19.0 Å². The monoisotopic (exact) mass is 519 g/mol. The van der Waals surface area contributed by atoms with E-state index in [9.17, 15) is 22.4 Å². The first-order valence-electron chi connectivity index (χ1n) is 12.5. The SMILES string of the molecule is CC(C)Cc1nc(N[C@H]2CCC(N(C)CC(F)CCN(C)C(=O)OC(C)(C)C)C2)ncc1C(F)(F)F. The number of halogens is 4. The van der Waals surface area contributed by atoms with E-state index < -0.39 is 29.6 Å². The average Bonchev–Trinajstić information content (AvgIpc) is 3.18. The topological polar surface area (TPSA) is 70.6 Å². The summed E-state index contributed by atoms with van der Waals surface area (Å²) in [5.74, 6) is 0.219. The van der Waals surface area contributed by atoms with E-state index in [1.165, 1.54) is 4.90 Å². The van der Waals surface area contributed by atoms with Crippen LogP contribution in [0.2, 0.25) is 0 Å². The highest BCUT2D eigenvalue weighted by molar-refractivity contribution is 5.67. The summed E-state index contributed by atoms with van der Waals surface area (Å²) in [5, 5.41) is 3.17. The molecule has 1 saturated carbocycles. The standard InChI is InChI=1S/C25H41F4N5O2/c1-16(2)12-21-20(25(27,28)29)14-30-22(32-21)31-18-8-9-19(13-18)34(7)15-17(26)10-11-33(6)23(35)36-24(3,4)5/h14,16-19H,8-13,15H2,1-7H3,(H,30,31,32)/t17?,18-,19?/m0/s1. The van der Waals surface area contributed by atoms with Gasteiger partial charge in [0, 0.05) is 38.4 Å². The van der Waals surface area contributed by atoms with Crippen molar-refractivity contribution in [1.29, 1.82) is 0 Å². The molecule has 0 bridgehead atoms. The molecule has 0 radical (unpaired) electrons. The summed E-state index contributed by atoms with van der Waals surface area (Å²) in [6.45, 7) is 9.52. The minimum absolute atomic E-state index is 0.00159. The maximum absolute atomic E-state index is 14.6. The molecule has 7 nitrogen and oxygen atoms in total. The van der Waals surface area contributed by atoms with Gasteiger partial charge < -0.3 is 19.9 Å². The molecule has 1 heterocycles. The van der Waals surface area contributed by atoms with E-state index in [2.05, 4.69) is 15.3 Å². The van der Waals surface area contributed by atoms with Crippen molar-refractivity contribution < 1.29 is 27.1 Å². The number of nitrogens with one attached hydrogen (secondary N) is 1. The second-order valence-corrected chi connectivity index (χ2v) is 11.2. The molecule has 1 N–H and O–H groups in total. The van der Waals surface area contributed by atoms with Crippen molar-refractivity contribution in [1.82, 2.24) is 19.8 Å². The van der Waals surface area contributed by atoms with Gasteiger partial charge >= 0.3 is 12.3 Å². The van der Waals surface area contributed by atoms with Crippen LogP contribution in [0.1, 0.15) is 71.6 Å². The number of hydrogen-bond donors (Lipinski definition) is 1. The molecule has 1 aromatic rings. The number of rotatable bonds is 10. The van der Waals surface area contributed by atoms with Gasteiger partial charge in [-0.2, -0.15) is 13.2 Å². The number of hydrogen-bond acceptors (Lipinski definition) is 6. The summed E-state index contributed by atoms with van der Waals surface area (Å²) >= 11 is 0. The molecule has 1 aromatic heterocycles. The van der Waals surface area contributed by atoms with Crippen LogP contribution < -0.4 is 5.32 Å². The van der Waals surface area contributed by atoms with Crippen LogP contribution in [0.3, 0.4) is 0 Å². The Labute approximate surface area is 212 Å². The molecule has 0 saturated heterocycles. The summed E-state index contributed by atoms with van der Waals surface area (Å²) in [4.78, 5) is 23.5. The van der Waals surface area contributed by atoms with Crippen LogP contribution in [0.15, 0.2) is 6.20 Å². The van der Waals surface area contributed by atoms with Crippen molar-refractivity contribution in [2.75, 3.05) is 32.5 Å². The number of anilines is 1. The third kappa shape index (κ3) is 9.71. The Kier molecular flexibility index (Phi) is 10.3. The summed E-state index contributed by atoms with van der Waals surface area (Å²) in [6.07, 6.45) is -2.48. The third-order valence-corrected chi connectivity index (χ3v) is 6.11. The molecular formula is C25H41F4N5O2. The molecule has 3 atom stereocenters. The number of aromatic nitrogens is 2. The molecule has 11 heteroatoms. The van der Waals surface area contributed by atoms with Gasteiger partial charge in [-0.05, 0) is 65.8 Å². The zero-order chi connectivity index (χ0) is 27.3. The number of carbonyl (C=O) groups excluding carboxylic acids is 1. The minimum atomic E-state index is -4.49. The van der Waals surface area contributed by atoms with Crippen molar-refractivity contribution in [3.05, 3.63) is 17.5 Å². The summed E-state index contributed by atoms with van der Waals surface area (Å²) in [7, 11) is 3.46. The number of nitrogens with zero attached hydrogens (tertiary/aromatic N) is 4. The highest BCUT2D eigenvalue weighted by atomic mass is 19.4. The first kappa shape index (κ1) is 30.1. The van der Waals surface area contributed by atoms with E-state index in [1.54, 1.807) is 27.8 Å². The second kappa shape index (κ2) is 12.4. The van der Waals surface area contributed by atoms with Gasteiger partial charge in [0.1, 0.15) is 11.8 Å². The minimum Gasteiger partial charge on any atom is -0.444 e. The van der Waals surface area contributed by atoms with E-state index in [1.807, 2.05) is 25.8 Å². The Bertz CT molecular complexity index is 860. The number of amides is 1. The van der Waals surface area contributed by atoms with Crippen LogP contribution in [0, 0.1) is 5.92 Å².